The van der Waals surface area contributed by atoms with Gasteiger partial charge in [0.05, 0.1) is 31.6 Å². The number of benzene rings is 1. The van der Waals surface area contributed by atoms with Crippen LogP contribution in [0.4, 0.5) is 11.5 Å². The van der Waals surface area contributed by atoms with E-state index < -0.39 is 0 Å². The van der Waals surface area contributed by atoms with Crippen LogP contribution in [0.2, 0.25) is 0 Å². The van der Waals surface area contributed by atoms with Crippen molar-refractivity contribution in [3.63, 3.8) is 0 Å². The van der Waals surface area contributed by atoms with E-state index in [9.17, 15) is 4.79 Å². The minimum atomic E-state index is -0.211. The van der Waals surface area contributed by atoms with Crippen molar-refractivity contribution in [3.05, 3.63) is 48.2 Å². The summed E-state index contributed by atoms with van der Waals surface area (Å²) in [6.45, 7) is 2.03. The Labute approximate surface area is 135 Å². The van der Waals surface area contributed by atoms with Crippen LogP contribution in [0.3, 0.4) is 0 Å². The largest absolute Gasteiger partial charge is 0.497 e. The van der Waals surface area contributed by atoms with Crippen LogP contribution in [0.15, 0.2) is 42.6 Å². The van der Waals surface area contributed by atoms with Gasteiger partial charge in [-0.2, -0.15) is 0 Å². The molecule has 0 bridgehead atoms. The van der Waals surface area contributed by atoms with E-state index in [1.165, 1.54) is 0 Å². The number of amides is 1. The lowest BCUT2D eigenvalue weighted by Gasteiger charge is -2.14. The second-order valence-electron chi connectivity index (χ2n) is 5.05. The number of pyridine rings is 1. The number of anilines is 2. The molecule has 0 radical (unpaired) electrons. The summed E-state index contributed by atoms with van der Waals surface area (Å²) in [7, 11) is 1.58. The van der Waals surface area contributed by atoms with Gasteiger partial charge in [-0.25, -0.2) is 4.98 Å². The maximum atomic E-state index is 12.1. The van der Waals surface area contributed by atoms with E-state index >= 15 is 0 Å². The number of carbonyl (C=O) groups is 1. The minimum absolute atomic E-state index is 0.0257. The van der Waals surface area contributed by atoms with E-state index in [2.05, 4.69) is 15.6 Å². The summed E-state index contributed by atoms with van der Waals surface area (Å²) in [5.74, 6) is 1.15. The SMILES string of the molecule is CCC(CO)Nc1ccc(NC(=O)c2ccc(OC)cc2)cn1. The molecule has 2 rings (SSSR count). The number of aromatic nitrogens is 1. The van der Waals surface area contributed by atoms with Crippen LogP contribution >= 0.6 is 0 Å². The highest BCUT2D eigenvalue weighted by atomic mass is 16.5. The zero-order valence-electron chi connectivity index (χ0n) is 13.2. The molecule has 1 heterocycles. The molecule has 1 unspecified atom stereocenters. The van der Waals surface area contributed by atoms with Gasteiger partial charge in [0, 0.05) is 5.56 Å². The molecule has 0 fully saturated rings. The lowest BCUT2D eigenvalue weighted by Crippen LogP contribution is -2.23. The third-order valence-corrected chi connectivity index (χ3v) is 3.44. The van der Waals surface area contributed by atoms with E-state index in [1.807, 2.05) is 6.92 Å². The molecule has 0 spiro atoms. The van der Waals surface area contributed by atoms with Gasteiger partial charge in [0.1, 0.15) is 11.6 Å². The van der Waals surface area contributed by atoms with Crippen molar-refractivity contribution < 1.29 is 14.6 Å². The molecule has 6 nitrogen and oxygen atoms in total. The summed E-state index contributed by atoms with van der Waals surface area (Å²) in [4.78, 5) is 16.4. The molecule has 6 heteroatoms. The highest BCUT2D eigenvalue weighted by Crippen LogP contribution is 2.15. The van der Waals surface area contributed by atoms with Crippen molar-refractivity contribution in [1.29, 1.82) is 0 Å². The topological polar surface area (TPSA) is 83.5 Å². The molecular weight excluding hydrogens is 294 g/mol. The fourth-order valence-corrected chi connectivity index (χ4v) is 1.98. The smallest absolute Gasteiger partial charge is 0.255 e. The molecule has 0 aliphatic heterocycles. The summed E-state index contributed by atoms with van der Waals surface area (Å²) in [5, 5.41) is 15.1. The molecule has 0 aliphatic carbocycles. The van der Waals surface area contributed by atoms with Gasteiger partial charge in [-0.3, -0.25) is 4.79 Å². The van der Waals surface area contributed by atoms with Gasteiger partial charge in [0.2, 0.25) is 0 Å². The number of hydrogen-bond acceptors (Lipinski definition) is 5. The molecule has 1 amide bonds. The first kappa shape index (κ1) is 16.8. The summed E-state index contributed by atoms with van der Waals surface area (Å²) < 4.78 is 5.06. The van der Waals surface area contributed by atoms with Crippen LogP contribution < -0.4 is 15.4 Å². The van der Waals surface area contributed by atoms with E-state index in [0.717, 1.165) is 6.42 Å². The van der Waals surface area contributed by atoms with Gasteiger partial charge in [-0.1, -0.05) is 6.92 Å². The van der Waals surface area contributed by atoms with Gasteiger partial charge in [-0.05, 0) is 42.8 Å². The summed E-state index contributed by atoms with van der Waals surface area (Å²) >= 11 is 0. The zero-order chi connectivity index (χ0) is 16.7. The second-order valence-corrected chi connectivity index (χ2v) is 5.05. The predicted octanol–water partition coefficient (Wildman–Crippen LogP) is 2.53. The van der Waals surface area contributed by atoms with E-state index in [4.69, 9.17) is 9.84 Å². The van der Waals surface area contributed by atoms with Crippen molar-refractivity contribution in [3.8, 4) is 5.75 Å². The van der Waals surface area contributed by atoms with Gasteiger partial charge in [0.25, 0.3) is 5.91 Å². The van der Waals surface area contributed by atoms with Crippen LogP contribution in [0.1, 0.15) is 23.7 Å². The van der Waals surface area contributed by atoms with Crippen molar-refractivity contribution >= 4 is 17.4 Å². The fraction of sp³-hybridized carbons (Fsp3) is 0.294. The van der Waals surface area contributed by atoms with Crippen molar-refractivity contribution in [1.82, 2.24) is 4.98 Å². The summed E-state index contributed by atoms with van der Waals surface area (Å²) in [5.41, 5.74) is 1.15. The summed E-state index contributed by atoms with van der Waals surface area (Å²) in [6, 6.07) is 10.4. The molecule has 1 atom stereocenters. The Morgan fingerprint density at radius 2 is 2.00 bits per heavy atom. The van der Waals surface area contributed by atoms with Crippen LogP contribution in [0.25, 0.3) is 0 Å². The number of methoxy groups -OCH3 is 1. The average Bonchev–Trinajstić information content (AvgIpc) is 2.61. The molecule has 2 aromatic rings. The molecule has 0 aliphatic rings. The monoisotopic (exact) mass is 315 g/mol. The average molecular weight is 315 g/mol. The molecule has 23 heavy (non-hydrogen) atoms. The van der Waals surface area contributed by atoms with E-state index in [-0.39, 0.29) is 18.6 Å². The van der Waals surface area contributed by atoms with Crippen LogP contribution in [-0.2, 0) is 0 Å². The Hall–Kier alpha value is -2.60. The number of hydrogen-bond donors (Lipinski definition) is 3. The van der Waals surface area contributed by atoms with Gasteiger partial charge >= 0.3 is 0 Å². The number of aliphatic hydroxyl groups is 1. The molecular formula is C17H21N3O3. The van der Waals surface area contributed by atoms with Crippen molar-refractivity contribution in [2.24, 2.45) is 0 Å². The van der Waals surface area contributed by atoms with Crippen LogP contribution in [0, 0.1) is 0 Å². The number of nitrogens with one attached hydrogen (secondary N) is 2. The molecule has 122 valence electrons. The quantitative estimate of drug-likeness (QED) is 0.731. The minimum Gasteiger partial charge on any atom is -0.497 e. The first-order valence-electron chi connectivity index (χ1n) is 7.45. The first-order chi connectivity index (χ1) is 11.2. The Bertz CT molecular complexity index is 623. The molecule has 0 saturated carbocycles. The number of rotatable bonds is 7. The Morgan fingerprint density at radius 3 is 2.52 bits per heavy atom. The third kappa shape index (κ3) is 4.69. The van der Waals surface area contributed by atoms with E-state index in [0.29, 0.717) is 22.8 Å². The first-order valence-corrected chi connectivity index (χ1v) is 7.45. The Morgan fingerprint density at radius 1 is 1.26 bits per heavy atom. The fourth-order valence-electron chi connectivity index (χ4n) is 1.98. The lowest BCUT2D eigenvalue weighted by atomic mass is 10.2. The van der Waals surface area contributed by atoms with Crippen molar-refractivity contribution in [2.75, 3.05) is 24.4 Å². The molecule has 3 N–H and O–H groups in total. The van der Waals surface area contributed by atoms with Gasteiger partial charge in [-0.15, -0.1) is 0 Å². The molecule has 1 aromatic heterocycles. The molecule has 0 saturated heterocycles. The normalized spacial score (nSPS) is 11.6. The predicted molar refractivity (Wildman–Crippen MR) is 90.0 cm³/mol. The highest BCUT2D eigenvalue weighted by molar-refractivity contribution is 6.04. The van der Waals surface area contributed by atoms with Gasteiger partial charge < -0.3 is 20.5 Å². The summed E-state index contributed by atoms with van der Waals surface area (Å²) in [6.07, 6.45) is 2.38. The maximum Gasteiger partial charge on any atom is 0.255 e. The van der Waals surface area contributed by atoms with Gasteiger partial charge in [0.15, 0.2) is 0 Å². The van der Waals surface area contributed by atoms with E-state index in [1.54, 1.807) is 49.7 Å². The maximum absolute atomic E-state index is 12.1. The van der Waals surface area contributed by atoms with Crippen molar-refractivity contribution in [2.45, 2.75) is 19.4 Å². The number of carbonyl (C=O) groups excluding carboxylic acids is 1. The zero-order valence-corrected chi connectivity index (χ0v) is 13.2. The number of nitrogens with zero attached hydrogens (tertiary/aromatic N) is 1. The lowest BCUT2D eigenvalue weighted by molar-refractivity contribution is 0.102. The Kier molecular flexibility index (Phi) is 5.94. The van der Waals surface area contributed by atoms with Crippen LogP contribution in [0.5, 0.6) is 5.75 Å². The second kappa shape index (κ2) is 8.14. The Balaban J connectivity index is 1.98. The standard InChI is InChI=1S/C17H21N3O3/c1-3-13(11-21)19-16-9-6-14(10-18-16)20-17(22)12-4-7-15(23-2)8-5-12/h4-10,13,21H,3,11H2,1-2H3,(H,18,19)(H,20,22). The number of ether oxygens (including phenoxy) is 1. The highest BCUT2D eigenvalue weighted by Gasteiger charge is 2.08. The third-order valence-electron chi connectivity index (χ3n) is 3.44. The van der Waals surface area contributed by atoms with Crippen LogP contribution in [-0.4, -0.2) is 35.8 Å². The number of aliphatic hydroxyl groups excluding tert-OH is 1. The molecule has 1 aromatic carbocycles.